The average molecular weight is 443 g/mol. The Kier molecular flexibility index (Phi) is 6.34. The summed E-state index contributed by atoms with van der Waals surface area (Å²) in [5.74, 6) is 0.379. The summed E-state index contributed by atoms with van der Waals surface area (Å²) in [4.78, 5) is 4.26. The molecule has 0 spiro atoms. The number of hydrogen-bond acceptors (Lipinski definition) is 3. The van der Waals surface area contributed by atoms with Crippen molar-refractivity contribution < 1.29 is 17.9 Å². The van der Waals surface area contributed by atoms with E-state index in [1.807, 2.05) is 35.1 Å². The number of para-hydroxylation sites is 1. The molecule has 32 heavy (non-hydrogen) atoms. The lowest BCUT2D eigenvalue weighted by Crippen LogP contribution is -2.38. The molecule has 1 heterocycles. The Labute approximate surface area is 184 Å². The van der Waals surface area contributed by atoms with Crippen LogP contribution in [-0.2, 0) is 13.1 Å². The number of benzene rings is 2. The molecule has 2 atom stereocenters. The predicted octanol–water partition coefficient (Wildman–Crippen LogP) is 4.05. The summed E-state index contributed by atoms with van der Waals surface area (Å²) in [6.07, 6.45) is -0.348. The van der Waals surface area contributed by atoms with Crippen molar-refractivity contribution in [2.75, 3.05) is 7.05 Å². The van der Waals surface area contributed by atoms with Crippen LogP contribution in [0.1, 0.15) is 29.0 Å². The van der Waals surface area contributed by atoms with Crippen molar-refractivity contribution in [1.82, 2.24) is 20.4 Å². The number of nitrogens with zero attached hydrogens (tertiary/aromatic N) is 3. The third-order valence-corrected chi connectivity index (χ3v) is 5.34. The number of halogens is 3. The Morgan fingerprint density at radius 2 is 1.88 bits per heavy atom. The molecule has 1 aliphatic carbocycles. The standard InChI is InChI=1S/C23H24F3N5O/c1-27-22(28-14-16-7-2-3-8-17(16)15-31-12-6-11-29-31)30-20-13-19(20)18-9-4-5-10-21(18)32-23(24,25)26/h2-12,19-20H,13-15H2,1H3,(H2,27,28,30). The number of ether oxygens (including phenoxy) is 1. The maximum atomic E-state index is 12.7. The number of alkyl halides is 3. The van der Waals surface area contributed by atoms with E-state index in [9.17, 15) is 13.2 Å². The normalized spacial score (nSPS) is 18.3. The van der Waals surface area contributed by atoms with Gasteiger partial charge in [-0.15, -0.1) is 13.2 Å². The third kappa shape index (κ3) is 5.60. The molecule has 1 saturated carbocycles. The summed E-state index contributed by atoms with van der Waals surface area (Å²) in [7, 11) is 1.67. The molecule has 6 nitrogen and oxygen atoms in total. The summed E-state index contributed by atoms with van der Waals surface area (Å²) in [6, 6.07) is 16.2. The van der Waals surface area contributed by atoms with Crippen LogP contribution in [0.3, 0.4) is 0 Å². The van der Waals surface area contributed by atoms with Gasteiger partial charge in [0, 0.05) is 37.9 Å². The summed E-state index contributed by atoms with van der Waals surface area (Å²) in [5.41, 5.74) is 2.80. The predicted molar refractivity (Wildman–Crippen MR) is 115 cm³/mol. The molecule has 2 aromatic carbocycles. The first kappa shape index (κ1) is 21.7. The van der Waals surface area contributed by atoms with Crippen molar-refractivity contribution in [2.45, 2.75) is 37.8 Å². The highest BCUT2D eigenvalue weighted by Gasteiger charge is 2.42. The fourth-order valence-corrected chi connectivity index (χ4v) is 3.70. The minimum Gasteiger partial charge on any atom is -0.405 e. The zero-order valence-electron chi connectivity index (χ0n) is 17.5. The van der Waals surface area contributed by atoms with Gasteiger partial charge in [0.25, 0.3) is 0 Å². The molecular formula is C23H24F3N5O. The van der Waals surface area contributed by atoms with Gasteiger partial charge in [-0.3, -0.25) is 9.67 Å². The van der Waals surface area contributed by atoms with Crippen LogP contribution in [0.2, 0.25) is 0 Å². The fourth-order valence-electron chi connectivity index (χ4n) is 3.70. The van der Waals surface area contributed by atoms with E-state index in [2.05, 4.69) is 31.5 Å². The number of aromatic nitrogens is 2. The molecule has 0 radical (unpaired) electrons. The summed E-state index contributed by atoms with van der Waals surface area (Å²) >= 11 is 0. The first-order valence-electron chi connectivity index (χ1n) is 10.3. The molecule has 2 N–H and O–H groups in total. The third-order valence-electron chi connectivity index (χ3n) is 5.34. The Balaban J connectivity index is 1.36. The van der Waals surface area contributed by atoms with Gasteiger partial charge in [0.05, 0.1) is 6.54 Å². The molecular weight excluding hydrogens is 419 g/mol. The molecule has 4 rings (SSSR count). The Hall–Kier alpha value is -3.49. The lowest BCUT2D eigenvalue weighted by atomic mass is 10.1. The van der Waals surface area contributed by atoms with E-state index in [1.54, 1.807) is 25.4 Å². The van der Waals surface area contributed by atoms with E-state index in [4.69, 9.17) is 0 Å². The zero-order chi connectivity index (χ0) is 22.6. The molecule has 3 aromatic rings. The smallest absolute Gasteiger partial charge is 0.405 e. The molecule has 2 unspecified atom stereocenters. The molecule has 0 amide bonds. The van der Waals surface area contributed by atoms with Gasteiger partial charge in [-0.25, -0.2) is 0 Å². The highest BCUT2D eigenvalue weighted by molar-refractivity contribution is 5.80. The second-order valence-electron chi connectivity index (χ2n) is 7.58. The Bertz CT molecular complexity index is 1070. The maximum Gasteiger partial charge on any atom is 0.573 e. The number of aliphatic imine (C=N–C) groups is 1. The van der Waals surface area contributed by atoms with Crippen molar-refractivity contribution in [3.63, 3.8) is 0 Å². The molecule has 9 heteroatoms. The Morgan fingerprint density at radius 1 is 1.12 bits per heavy atom. The van der Waals surface area contributed by atoms with Crippen LogP contribution in [0.5, 0.6) is 5.75 Å². The quantitative estimate of drug-likeness (QED) is 0.427. The van der Waals surface area contributed by atoms with Crippen molar-refractivity contribution in [2.24, 2.45) is 4.99 Å². The summed E-state index contributed by atoms with van der Waals surface area (Å²) in [5, 5.41) is 10.9. The molecule has 0 aliphatic heterocycles. The van der Waals surface area contributed by atoms with Crippen LogP contribution in [0.15, 0.2) is 72.0 Å². The molecule has 168 valence electrons. The second kappa shape index (κ2) is 9.33. The van der Waals surface area contributed by atoms with Crippen LogP contribution in [-0.4, -0.2) is 35.2 Å². The number of hydrogen-bond donors (Lipinski definition) is 2. The van der Waals surface area contributed by atoms with Gasteiger partial charge >= 0.3 is 6.36 Å². The van der Waals surface area contributed by atoms with Gasteiger partial charge in [0.15, 0.2) is 5.96 Å². The zero-order valence-corrected chi connectivity index (χ0v) is 17.5. The van der Waals surface area contributed by atoms with E-state index in [0.717, 1.165) is 11.1 Å². The first-order valence-corrected chi connectivity index (χ1v) is 10.3. The van der Waals surface area contributed by atoms with Crippen molar-refractivity contribution in [3.8, 4) is 5.75 Å². The van der Waals surface area contributed by atoms with Gasteiger partial charge in [-0.05, 0) is 35.2 Å². The van der Waals surface area contributed by atoms with E-state index in [0.29, 0.717) is 31.0 Å². The van der Waals surface area contributed by atoms with Crippen molar-refractivity contribution >= 4 is 5.96 Å². The van der Waals surface area contributed by atoms with E-state index in [1.165, 1.54) is 12.1 Å². The van der Waals surface area contributed by atoms with Gasteiger partial charge in [-0.2, -0.15) is 5.10 Å². The monoisotopic (exact) mass is 443 g/mol. The maximum absolute atomic E-state index is 12.7. The average Bonchev–Trinajstić information content (AvgIpc) is 3.33. The van der Waals surface area contributed by atoms with Crippen LogP contribution < -0.4 is 15.4 Å². The van der Waals surface area contributed by atoms with E-state index >= 15 is 0 Å². The largest absolute Gasteiger partial charge is 0.573 e. The minimum absolute atomic E-state index is 0.0153. The topological polar surface area (TPSA) is 63.5 Å². The molecule has 1 aliphatic rings. The van der Waals surface area contributed by atoms with E-state index < -0.39 is 6.36 Å². The van der Waals surface area contributed by atoms with Crippen LogP contribution >= 0.6 is 0 Å². The highest BCUT2D eigenvalue weighted by atomic mass is 19.4. The summed E-state index contributed by atoms with van der Waals surface area (Å²) in [6.45, 7) is 1.22. The number of guanidine groups is 1. The minimum atomic E-state index is -4.71. The molecule has 0 saturated heterocycles. The highest BCUT2D eigenvalue weighted by Crippen LogP contribution is 2.45. The fraction of sp³-hybridized carbons (Fsp3) is 0.304. The van der Waals surface area contributed by atoms with Gasteiger partial charge in [0.2, 0.25) is 0 Å². The van der Waals surface area contributed by atoms with Crippen LogP contribution in [0.4, 0.5) is 13.2 Å². The lowest BCUT2D eigenvalue weighted by Gasteiger charge is -2.15. The van der Waals surface area contributed by atoms with Crippen molar-refractivity contribution in [3.05, 3.63) is 83.7 Å². The van der Waals surface area contributed by atoms with Gasteiger partial charge in [-0.1, -0.05) is 42.5 Å². The van der Waals surface area contributed by atoms with E-state index in [-0.39, 0.29) is 17.7 Å². The second-order valence-corrected chi connectivity index (χ2v) is 7.58. The van der Waals surface area contributed by atoms with Crippen molar-refractivity contribution in [1.29, 1.82) is 0 Å². The lowest BCUT2D eigenvalue weighted by molar-refractivity contribution is -0.274. The van der Waals surface area contributed by atoms with Crippen LogP contribution in [0, 0.1) is 0 Å². The first-order chi connectivity index (χ1) is 15.4. The van der Waals surface area contributed by atoms with Gasteiger partial charge < -0.3 is 15.4 Å². The van der Waals surface area contributed by atoms with Crippen LogP contribution in [0.25, 0.3) is 0 Å². The Morgan fingerprint density at radius 3 is 2.59 bits per heavy atom. The molecule has 0 bridgehead atoms. The number of rotatable bonds is 7. The SMILES string of the molecule is CN=C(NCc1ccccc1Cn1cccn1)NC1CC1c1ccccc1OC(F)(F)F. The van der Waals surface area contributed by atoms with Gasteiger partial charge in [0.1, 0.15) is 5.75 Å². The summed E-state index contributed by atoms with van der Waals surface area (Å²) < 4.78 is 44.2. The molecule has 1 aromatic heterocycles. The number of nitrogens with one attached hydrogen (secondary N) is 2. The molecule has 1 fully saturated rings.